The van der Waals surface area contributed by atoms with Gasteiger partial charge < -0.3 is 4.74 Å². The van der Waals surface area contributed by atoms with Gasteiger partial charge >= 0.3 is 12.1 Å². The summed E-state index contributed by atoms with van der Waals surface area (Å²) in [6, 6.07) is 5.41. The van der Waals surface area contributed by atoms with Crippen molar-refractivity contribution in [2.45, 2.75) is 32.5 Å². The summed E-state index contributed by atoms with van der Waals surface area (Å²) in [6.07, 6.45) is -2.93. The number of ether oxygens (including phenoxy) is 1. The van der Waals surface area contributed by atoms with Gasteiger partial charge in [-0.1, -0.05) is 18.2 Å². The molecule has 0 spiro atoms. The number of hydrogen-bond acceptors (Lipinski definition) is 3. The molecule has 6 heteroatoms. The van der Waals surface area contributed by atoms with Crippen molar-refractivity contribution < 1.29 is 22.7 Å². The molecule has 22 heavy (non-hydrogen) atoms. The molecule has 0 radical (unpaired) electrons. The van der Waals surface area contributed by atoms with Crippen molar-refractivity contribution in [2.24, 2.45) is 5.92 Å². The third kappa shape index (κ3) is 4.47. The van der Waals surface area contributed by atoms with Crippen LogP contribution in [0.3, 0.4) is 0 Å². The Balaban J connectivity index is 1.90. The number of alkyl halides is 3. The first-order valence-corrected chi connectivity index (χ1v) is 7.45. The molecule has 3 nitrogen and oxygen atoms in total. The summed E-state index contributed by atoms with van der Waals surface area (Å²) >= 11 is 0. The standard InChI is InChI=1S/C16H20F3NO2/c1-2-22-15(21)13-6-8-20(9-7-13)11-12-4-3-5-14(10-12)16(17,18)19/h3-5,10,13H,2,6-9,11H2,1H3. The van der Waals surface area contributed by atoms with E-state index in [2.05, 4.69) is 4.90 Å². The van der Waals surface area contributed by atoms with Gasteiger partial charge in [-0.05, 0) is 44.5 Å². The molecule has 0 amide bonds. The molecule has 1 heterocycles. The fourth-order valence-corrected chi connectivity index (χ4v) is 2.69. The quantitative estimate of drug-likeness (QED) is 0.797. The van der Waals surface area contributed by atoms with Crippen molar-refractivity contribution in [1.82, 2.24) is 4.90 Å². The van der Waals surface area contributed by atoms with Gasteiger partial charge in [-0.25, -0.2) is 0 Å². The van der Waals surface area contributed by atoms with Crippen LogP contribution in [0.25, 0.3) is 0 Å². The van der Waals surface area contributed by atoms with Gasteiger partial charge in [-0.15, -0.1) is 0 Å². The number of esters is 1. The van der Waals surface area contributed by atoms with Crippen LogP contribution in [-0.4, -0.2) is 30.6 Å². The molecule has 1 fully saturated rings. The Morgan fingerprint density at radius 1 is 1.32 bits per heavy atom. The summed E-state index contributed by atoms with van der Waals surface area (Å²) in [5, 5.41) is 0. The lowest BCUT2D eigenvalue weighted by molar-refractivity contribution is -0.149. The minimum atomic E-state index is -4.31. The summed E-state index contributed by atoms with van der Waals surface area (Å²) in [5.41, 5.74) is 0.0239. The highest BCUT2D eigenvalue weighted by molar-refractivity contribution is 5.72. The molecule has 0 aliphatic carbocycles. The van der Waals surface area contributed by atoms with Crippen LogP contribution in [0.2, 0.25) is 0 Å². The minimum Gasteiger partial charge on any atom is -0.466 e. The van der Waals surface area contributed by atoms with Gasteiger partial charge in [-0.3, -0.25) is 9.69 Å². The summed E-state index contributed by atoms with van der Waals surface area (Å²) in [7, 11) is 0. The van der Waals surface area contributed by atoms with Gasteiger partial charge in [0.25, 0.3) is 0 Å². The van der Waals surface area contributed by atoms with Gasteiger partial charge in [0.2, 0.25) is 0 Å². The van der Waals surface area contributed by atoms with Crippen LogP contribution in [0.4, 0.5) is 13.2 Å². The van der Waals surface area contributed by atoms with E-state index in [9.17, 15) is 18.0 Å². The highest BCUT2D eigenvalue weighted by Gasteiger charge is 2.31. The maximum absolute atomic E-state index is 12.7. The number of rotatable bonds is 4. The zero-order valence-corrected chi connectivity index (χ0v) is 12.5. The zero-order chi connectivity index (χ0) is 16.2. The van der Waals surface area contributed by atoms with Gasteiger partial charge in [-0.2, -0.15) is 13.2 Å². The van der Waals surface area contributed by atoms with Crippen LogP contribution in [0.5, 0.6) is 0 Å². The number of hydrogen-bond donors (Lipinski definition) is 0. The van der Waals surface area contributed by atoms with Crippen LogP contribution < -0.4 is 0 Å². The maximum atomic E-state index is 12.7. The lowest BCUT2D eigenvalue weighted by Gasteiger charge is -2.30. The predicted molar refractivity (Wildman–Crippen MR) is 76.1 cm³/mol. The SMILES string of the molecule is CCOC(=O)C1CCN(Cc2cccc(C(F)(F)F)c2)CC1. The predicted octanol–water partition coefficient (Wildman–Crippen LogP) is 3.48. The number of halogens is 3. The Kier molecular flexibility index (Phi) is 5.45. The molecule has 0 unspecified atom stereocenters. The van der Waals surface area contributed by atoms with E-state index in [1.165, 1.54) is 12.1 Å². The number of benzene rings is 1. The Morgan fingerprint density at radius 2 is 2.00 bits per heavy atom. The van der Waals surface area contributed by atoms with Crippen molar-refractivity contribution in [3.63, 3.8) is 0 Å². The Morgan fingerprint density at radius 3 is 2.59 bits per heavy atom. The molecule has 0 saturated carbocycles. The summed E-state index contributed by atoms with van der Waals surface area (Å²) in [4.78, 5) is 13.7. The molecule has 2 rings (SSSR count). The van der Waals surface area contributed by atoms with Crippen molar-refractivity contribution in [2.75, 3.05) is 19.7 Å². The second kappa shape index (κ2) is 7.13. The fraction of sp³-hybridized carbons (Fsp3) is 0.562. The van der Waals surface area contributed by atoms with Crippen molar-refractivity contribution in [3.8, 4) is 0 Å². The van der Waals surface area contributed by atoms with E-state index in [1.54, 1.807) is 13.0 Å². The molecule has 1 saturated heterocycles. The average Bonchev–Trinajstić information content (AvgIpc) is 2.48. The molecular weight excluding hydrogens is 295 g/mol. The minimum absolute atomic E-state index is 0.0855. The highest BCUT2D eigenvalue weighted by Crippen LogP contribution is 2.30. The maximum Gasteiger partial charge on any atom is 0.416 e. The average molecular weight is 315 g/mol. The van der Waals surface area contributed by atoms with Crippen LogP contribution >= 0.6 is 0 Å². The van der Waals surface area contributed by atoms with E-state index in [0.717, 1.165) is 6.07 Å². The second-order valence-corrected chi connectivity index (χ2v) is 5.50. The normalized spacial score (nSPS) is 17.5. The van der Waals surface area contributed by atoms with Crippen LogP contribution in [0, 0.1) is 5.92 Å². The highest BCUT2D eigenvalue weighted by atomic mass is 19.4. The summed E-state index contributed by atoms with van der Waals surface area (Å²) in [5.74, 6) is -0.251. The van der Waals surface area contributed by atoms with E-state index in [-0.39, 0.29) is 11.9 Å². The van der Waals surface area contributed by atoms with Gasteiger partial charge in [0.1, 0.15) is 0 Å². The molecule has 0 atom stereocenters. The van der Waals surface area contributed by atoms with E-state index in [1.807, 2.05) is 0 Å². The third-order valence-corrected chi connectivity index (χ3v) is 3.87. The van der Waals surface area contributed by atoms with Crippen LogP contribution in [-0.2, 0) is 22.3 Å². The molecule has 122 valence electrons. The number of piperidine rings is 1. The number of carbonyl (C=O) groups excluding carboxylic acids is 1. The Labute approximate surface area is 128 Å². The van der Waals surface area contributed by atoms with Crippen molar-refractivity contribution in [1.29, 1.82) is 0 Å². The largest absolute Gasteiger partial charge is 0.466 e. The summed E-state index contributed by atoms with van der Waals surface area (Å²) in [6.45, 7) is 4.02. The van der Waals surface area contributed by atoms with E-state index in [4.69, 9.17) is 4.74 Å². The molecule has 1 aliphatic rings. The van der Waals surface area contributed by atoms with E-state index < -0.39 is 11.7 Å². The number of nitrogens with zero attached hydrogens (tertiary/aromatic N) is 1. The molecular formula is C16H20F3NO2. The smallest absolute Gasteiger partial charge is 0.416 e. The lowest BCUT2D eigenvalue weighted by Crippen LogP contribution is -2.36. The Bertz CT molecular complexity index is 508. The lowest BCUT2D eigenvalue weighted by atomic mass is 9.96. The summed E-state index contributed by atoms with van der Waals surface area (Å²) < 4.78 is 43.1. The fourth-order valence-electron chi connectivity index (χ4n) is 2.69. The number of likely N-dealkylation sites (tertiary alicyclic amines) is 1. The second-order valence-electron chi connectivity index (χ2n) is 5.50. The van der Waals surface area contributed by atoms with Gasteiger partial charge in [0, 0.05) is 6.54 Å². The van der Waals surface area contributed by atoms with Crippen LogP contribution in [0.15, 0.2) is 24.3 Å². The molecule has 1 aromatic rings. The first-order chi connectivity index (χ1) is 10.4. The van der Waals surface area contributed by atoms with Crippen molar-refractivity contribution in [3.05, 3.63) is 35.4 Å². The van der Waals surface area contributed by atoms with Gasteiger partial charge in [0.05, 0.1) is 18.1 Å². The zero-order valence-electron chi connectivity index (χ0n) is 12.5. The monoisotopic (exact) mass is 315 g/mol. The third-order valence-electron chi connectivity index (χ3n) is 3.87. The number of carbonyl (C=O) groups is 1. The molecule has 0 aromatic heterocycles. The topological polar surface area (TPSA) is 29.5 Å². The Hall–Kier alpha value is -1.56. The van der Waals surface area contributed by atoms with E-state index in [0.29, 0.717) is 44.6 Å². The first kappa shape index (κ1) is 16.8. The molecule has 1 aromatic carbocycles. The molecule has 0 bridgehead atoms. The molecule has 0 N–H and O–H groups in total. The van der Waals surface area contributed by atoms with Gasteiger partial charge in [0.15, 0.2) is 0 Å². The first-order valence-electron chi connectivity index (χ1n) is 7.45. The van der Waals surface area contributed by atoms with E-state index >= 15 is 0 Å². The van der Waals surface area contributed by atoms with Crippen LogP contribution in [0.1, 0.15) is 30.9 Å². The molecule has 1 aliphatic heterocycles. The van der Waals surface area contributed by atoms with Crippen molar-refractivity contribution >= 4 is 5.97 Å².